The third-order valence-electron chi connectivity index (χ3n) is 2.26. The minimum absolute atomic E-state index is 0.00115. The van der Waals surface area contributed by atoms with Crippen LogP contribution < -0.4 is 5.73 Å². The van der Waals surface area contributed by atoms with Crippen molar-refractivity contribution in [3.8, 4) is 0 Å². The molecule has 0 aromatic carbocycles. The van der Waals surface area contributed by atoms with Gasteiger partial charge in [0.2, 0.25) is 5.91 Å². The van der Waals surface area contributed by atoms with Gasteiger partial charge in [-0.2, -0.15) is 0 Å². The molecule has 0 atom stereocenters. The van der Waals surface area contributed by atoms with E-state index in [2.05, 4.69) is 0 Å². The number of hydrogen-bond donors (Lipinski definition) is 2. The zero-order chi connectivity index (χ0) is 11.6. The molecule has 0 aliphatic carbocycles. The van der Waals surface area contributed by atoms with Gasteiger partial charge < -0.3 is 15.7 Å². The van der Waals surface area contributed by atoms with Crippen LogP contribution >= 0.6 is 0 Å². The summed E-state index contributed by atoms with van der Waals surface area (Å²) in [4.78, 5) is 25.4. The van der Waals surface area contributed by atoms with Crippen LogP contribution in [0.15, 0.2) is 11.4 Å². The first kappa shape index (κ1) is 11.5. The maximum Gasteiger partial charge on any atom is 0.335 e. The van der Waals surface area contributed by atoms with E-state index >= 15 is 0 Å². The summed E-state index contributed by atoms with van der Waals surface area (Å²) in [5.74, 6) is -1.28. The molecule has 1 amide bonds. The smallest absolute Gasteiger partial charge is 0.335 e. The van der Waals surface area contributed by atoms with Crippen molar-refractivity contribution in [2.75, 3.05) is 27.2 Å². The van der Waals surface area contributed by atoms with Crippen molar-refractivity contribution >= 4 is 11.9 Å². The second-order valence-corrected chi connectivity index (χ2v) is 3.69. The van der Waals surface area contributed by atoms with E-state index in [1.165, 1.54) is 4.90 Å². The van der Waals surface area contributed by atoms with Gasteiger partial charge >= 0.3 is 5.97 Å². The highest BCUT2D eigenvalue weighted by Crippen LogP contribution is 2.20. The Morgan fingerprint density at radius 2 is 2.20 bits per heavy atom. The number of carbonyl (C=O) groups is 2. The lowest BCUT2D eigenvalue weighted by Crippen LogP contribution is -2.35. The predicted octanol–water partition coefficient (Wildman–Crippen LogP) is -0.965. The number of carboxylic acid groups (broad SMARTS) is 1. The van der Waals surface area contributed by atoms with Gasteiger partial charge in [0.15, 0.2) is 0 Å². The molecule has 0 aromatic rings. The number of likely N-dealkylation sites (N-methyl/N-ethyl adjacent to an activating group) is 1. The highest BCUT2D eigenvalue weighted by atomic mass is 16.4. The van der Waals surface area contributed by atoms with E-state index in [1.807, 2.05) is 19.0 Å². The average Bonchev–Trinajstić information content (AvgIpc) is 2.39. The summed E-state index contributed by atoms with van der Waals surface area (Å²) in [6.07, 6.45) is -0.103. The van der Waals surface area contributed by atoms with Crippen LogP contribution in [-0.2, 0) is 9.59 Å². The maximum atomic E-state index is 11.4. The van der Waals surface area contributed by atoms with E-state index in [1.54, 1.807) is 0 Å². The first-order valence-electron chi connectivity index (χ1n) is 4.60. The fourth-order valence-electron chi connectivity index (χ4n) is 1.36. The molecule has 0 aromatic heterocycles. The Morgan fingerprint density at radius 1 is 1.60 bits per heavy atom. The minimum Gasteiger partial charge on any atom is -0.478 e. The number of carboxylic acids is 1. The Morgan fingerprint density at radius 3 is 2.60 bits per heavy atom. The van der Waals surface area contributed by atoms with E-state index in [0.29, 0.717) is 13.1 Å². The normalized spacial score (nSPS) is 16.7. The zero-order valence-corrected chi connectivity index (χ0v) is 8.86. The van der Waals surface area contributed by atoms with E-state index in [0.717, 1.165) is 0 Å². The summed E-state index contributed by atoms with van der Waals surface area (Å²) in [6, 6.07) is 0. The van der Waals surface area contributed by atoms with Crippen LogP contribution in [0.5, 0.6) is 0 Å². The second-order valence-electron chi connectivity index (χ2n) is 3.69. The van der Waals surface area contributed by atoms with Gasteiger partial charge in [-0.25, -0.2) is 4.79 Å². The number of nitrogens with zero attached hydrogens (tertiary/aromatic N) is 2. The SMILES string of the molecule is CN(C)CCN1C(=O)CC(C(=O)O)=C1N. The largest absolute Gasteiger partial charge is 0.478 e. The Balaban J connectivity index is 2.73. The molecule has 0 saturated heterocycles. The molecule has 1 aliphatic heterocycles. The van der Waals surface area contributed by atoms with Crippen molar-refractivity contribution in [3.63, 3.8) is 0 Å². The number of carbonyl (C=O) groups excluding carboxylic acids is 1. The molecule has 3 N–H and O–H groups in total. The lowest BCUT2D eigenvalue weighted by Gasteiger charge is -2.19. The summed E-state index contributed by atoms with van der Waals surface area (Å²) < 4.78 is 0. The van der Waals surface area contributed by atoms with Gasteiger partial charge in [0.05, 0.1) is 12.0 Å². The molecule has 6 nitrogen and oxygen atoms in total. The van der Waals surface area contributed by atoms with Gasteiger partial charge in [-0.3, -0.25) is 9.69 Å². The Bertz CT molecular complexity index is 323. The monoisotopic (exact) mass is 213 g/mol. The molecule has 0 bridgehead atoms. The lowest BCUT2D eigenvalue weighted by atomic mass is 10.2. The lowest BCUT2D eigenvalue weighted by molar-refractivity contribution is -0.134. The Kier molecular flexibility index (Phi) is 3.31. The topological polar surface area (TPSA) is 86.9 Å². The van der Waals surface area contributed by atoms with Gasteiger partial charge in [0, 0.05) is 13.1 Å². The molecule has 0 saturated carbocycles. The van der Waals surface area contributed by atoms with E-state index in [9.17, 15) is 9.59 Å². The highest BCUT2D eigenvalue weighted by molar-refractivity contribution is 5.98. The fraction of sp³-hybridized carbons (Fsp3) is 0.556. The summed E-state index contributed by atoms with van der Waals surface area (Å²) in [7, 11) is 3.75. The van der Waals surface area contributed by atoms with Crippen molar-refractivity contribution in [3.05, 3.63) is 11.4 Å². The van der Waals surface area contributed by atoms with Gasteiger partial charge in [0.25, 0.3) is 0 Å². The quantitative estimate of drug-likeness (QED) is 0.627. The van der Waals surface area contributed by atoms with Crippen LogP contribution in [0.2, 0.25) is 0 Å². The second kappa shape index (κ2) is 4.31. The van der Waals surface area contributed by atoms with Crippen molar-refractivity contribution in [1.29, 1.82) is 0 Å². The average molecular weight is 213 g/mol. The number of amides is 1. The molecular weight excluding hydrogens is 198 g/mol. The third kappa shape index (κ3) is 2.47. The zero-order valence-electron chi connectivity index (χ0n) is 8.86. The summed E-state index contributed by atoms with van der Waals surface area (Å²) >= 11 is 0. The van der Waals surface area contributed by atoms with Gasteiger partial charge in [-0.05, 0) is 14.1 Å². The van der Waals surface area contributed by atoms with Crippen molar-refractivity contribution in [2.24, 2.45) is 5.73 Å². The van der Waals surface area contributed by atoms with Gasteiger partial charge in [-0.15, -0.1) is 0 Å². The molecule has 0 radical (unpaired) electrons. The number of rotatable bonds is 4. The fourth-order valence-corrected chi connectivity index (χ4v) is 1.36. The van der Waals surface area contributed by atoms with Gasteiger partial charge in [0.1, 0.15) is 5.82 Å². The number of hydrogen-bond acceptors (Lipinski definition) is 4. The van der Waals surface area contributed by atoms with E-state index < -0.39 is 5.97 Å². The number of nitrogens with two attached hydrogens (primary N) is 1. The third-order valence-corrected chi connectivity index (χ3v) is 2.26. The molecule has 1 heterocycles. The van der Waals surface area contributed by atoms with Crippen molar-refractivity contribution in [2.45, 2.75) is 6.42 Å². The maximum absolute atomic E-state index is 11.4. The van der Waals surface area contributed by atoms with Crippen LogP contribution in [-0.4, -0.2) is 54.0 Å². The molecule has 1 aliphatic rings. The Labute approximate surface area is 87.9 Å². The molecule has 84 valence electrons. The molecule has 6 heteroatoms. The van der Waals surface area contributed by atoms with Crippen molar-refractivity contribution < 1.29 is 14.7 Å². The first-order chi connectivity index (χ1) is 6.93. The molecule has 0 spiro atoms. The van der Waals surface area contributed by atoms with Crippen LogP contribution in [0.4, 0.5) is 0 Å². The van der Waals surface area contributed by atoms with Gasteiger partial charge in [-0.1, -0.05) is 0 Å². The molecule has 0 fully saturated rings. The molecule has 1 rings (SSSR count). The molecule has 0 unspecified atom stereocenters. The minimum atomic E-state index is -1.12. The van der Waals surface area contributed by atoms with E-state index in [4.69, 9.17) is 10.8 Å². The van der Waals surface area contributed by atoms with Crippen LogP contribution in [0, 0.1) is 0 Å². The van der Waals surface area contributed by atoms with E-state index in [-0.39, 0.29) is 23.7 Å². The molecular formula is C9H15N3O3. The number of aliphatic carboxylic acids is 1. The van der Waals surface area contributed by atoms with Crippen LogP contribution in [0.3, 0.4) is 0 Å². The predicted molar refractivity (Wildman–Crippen MR) is 53.7 cm³/mol. The van der Waals surface area contributed by atoms with Crippen LogP contribution in [0.1, 0.15) is 6.42 Å². The first-order valence-corrected chi connectivity index (χ1v) is 4.60. The highest BCUT2D eigenvalue weighted by Gasteiger charge is 2.31. The summed E-state index contributed by atoms with van der Waals surface area (Å²) in [6.45, 7) is 1.08. The standard InChI is InChI=1S/C9H15N3O3/c1-11(2)3-4-12-7(13)5-6(8(12)10)9(14)15/h3-5,10H2,1-2H3,(H,14,15). The summed E-state index contributed by atoms with van der Waals surface area (Å²) in [5.41, 5.74) is 5.59. The summed E-state index contributed by atoms with van der Waals surface area (Å²) in [5, 5.41) is 8.77. The van der Waals surface area contributed by atoms with Crippen molar-refractivity contribution in [1.82, 2.24) is 9.80 Å². The molecule has 15 heavy (non-hydrogen) atoms. The Hall–Kier alpha value is -1.56. The van der Waals surface area contributed by atoms with Crippen LogP contribution in [0.25, 0.3) is 0 Å².